The molecule has 2 rings (SSSR count). The number of hydrogen-bond donors (Lipinski definition) is 3. The largest absolute Gasteiger partial charge is 0.480 e. The number of rotatable bonds is 3. The maximum absolute atomic E-state index is 11.9. The van der Waals surface area contributed by atoms with Crippen LogP contribution in [0.15, 0.2) is 12.3 Å². The topological polar surface area (TPSA) is 95.1 Å². The fourth-order valence-electron chi connectivity index (χ4n) is 2.58. The second kappa shape index (κ2) is 4.80. The van der Waals surface area contributed by atoms with Gasteiger partial charge < -0.3 is 10.4 Å². The molecule has 1 aromatic rings. The Labute approximate surface area is 105 Å². The fraction of sp³-hybridized carbons (Fsp3) is 0.583. The third-order valence-electron chi connectivity index (χ3n) is 3.50. The van der Waals surface area contributed by atoms with Gasteiger partial charge in [0, 0.05) is 6.20 Å². The monoisotopic (exact) mass is 251 g/mol. The lowest BCUT2D eigenvalue weighted by atomic mass is 9.76. The summed E-state index contributed by atoms with van der Waals surface area (Å²) < 4.78 is 0. The number of nitrogens with one attached hydrogen (secondary N) is 2. The Morgan fingerprint density at radius 3 is 2.94 bits per heavy atom. The van der Waals surface area contributed by atoms with Gasteiger partial charge in [-0.05, 0) is 24.8 Å². The van der Waals surface area contributed by atoms with E-state index in [0.29, 0.717) is 18.8 Å². The molecule has 1 fully saturated rings. The number of H-pyrrole nitrogens is 1. The number of amides is 1. The SMILES string of the molecule is CC1CCCC(NC(=O)c2ccn[nH]2)(C(=O)O)C1. The summed E-state index contributed by atoms with van der Waals surface area (Å²) in [5.74, 6) is -1.07. The fourth-order valence-corrected chi connectivity index (χ4v) is 2.58. The first kappa shape index (κ1) is 12.6. The molecule has 2 unspecified atom stereocenters. The van der Waals surface area contributed by atoms with Gasteiger partial charge in [-0.15, -0.1) is 0 Å². The van der Waals surface area contributed by atoms with Crippen LogP contribution in [0.4, 0.5) is 0 Å². The number of carbonyl (C=O) groups excluding carboxylic acids is 1. The Kier molecular flexibility index (Phi) is 3.36. The van der Waals surface area contributed by atoms with Crippen LogP contribution < -0.4 is 5.32 Å². The highest BCUT2D eigenvalue weighted by atomic mass is 16.4. The van der Waals surface area contributed by atoms with Crippen molar-refractivity contribution in [2.24, 2.45) is 5.92 Å². The molecule has 6 heteroatoms. The van der Waals surface area contributed by atoms with Gasteiger partial charge >= 0.3 is 5.97 Å². The van der Waals surface area contributed by atoms with E-state index in [9.17, 15) is 14.7 Å². The molecule has 0 aromatic carbocycles. The van der Waals surface area contributed by atoms with Crippen molar-refractivity contribution in [3.63, 3.8) is 0 Å². The van der Waals surface area contributed by atoms with E-state index in [1.807, 2.05) is 6.92 Å². The highest BCUT2D eigenvalue weighted by Crippen LogP contribution is 2.32. The van der Waals surface area contributed by atoms with Crippen molar-refractivity contribution in [1.82, 2.24) is 15.5 Å². The summed E-state index contributed by atoms with van der Waals surface area (Å²) in [5.41, 5.74) is -0.853. The van der Waals surface area contributed by atoms with Crippen LogP contribution >= 0.6 is 0 Å². The minimum Gasteiger partial charge on any atom is -0.480 e. The van der Waals surface area contributed by atoms with Crippen LogP contribution in [0.1, 0.15) is 43.1 Å². The third kappa shape index (κ3) is 2.37. The predicted octanol–water partition coefficient (Wildman–Crippen LogP) is 1.17. The number of hydrogen-bond acceptors (Lipinski definition) is 3. The highest BCUT2D eigenvalue weighted by Gasteiger charge is 2.43. The van der Waals surface area contributed by atoms with E-state index in [1.54, 1.807) is 0 Å². The number of carboxylic acids is 1. The van der Waals surface area contributed by atoms with Gasteiger partial charge in [0.25, 0.3) is 5.91 Å². The lowest BCUT2D eigenvalue weighted by molar-refractivity contribution is -0.146. The standard InChI is InChI=1S/C12H17N3O3/c1-8-3-2-5-12(7-8,11(17)18)14-10(16)9-4-6-13-15-9/h4,6,8H,2-3,5,7H2,1H3,(H,13,15)(H,14,16)(H,17,18). The molecule has 1 aliphatic rings. The van der Waals surface area contributed by atoms with Crippen LogP contribution in [0.3, 0.4) is 0 Å². The Morgan fingerprint density at radius 2 is 2.39 bits per heavy atom. The van der Waals surface area contributed by atoms with E-state index < -0.39 is 17.4 Å². The minimum atomic E-state index is -1.14. The molecule has 6 nitrogen and oxygen atoms in total. The lowest BCUT2D eigenvalue weighted by Crippen LogP contribution is -2.56. The number of carbonyl (C=O) groups is 2. The van der Waals surface area contributed by atoms with Crippen LogP contribution in [0.5, 0.6) is 0 Å². The molecule has 1 aliphatic carbocycles. The second-order valence-electron chi connectivity index (χ2n) is 5.01. The van der Waals surface area contributed by atoms with Crippen LogP contribution in [-0.2, 0) is 4.79 Å². The first-order chi connectivity index (χ1) is 8.53. The zero-order valence-corrected chi connectivity index (χ0v) is 10.3. The molecule has 0 spiro atoms. The van der Waals surface area contributed by atoms with Gasteiger partial charge in [-0.2, -0.15) is 5.10 Å². The summed E-state index contributed by atoms with van der Waals surface area (Å²) >= 11 is 0. The van der Waals surface area contributed by atoms with E-state index in [1.165, 1.54) is 12.3 Å². The summed E-state index contributed by atoms with van der Waals surface area (Å²) in [6.07, 6.45) is 4.24. The highest BCUT2D eigenvalue weighted by molar-refractivity contribution is 5.96. The van der Waals surface area contributed by atoms with Crippen molar-refractivity contribution < 1.29 is 14.7 Å². The van der Waals surface area contributed by atoms with Gasteiger partial charge in [0.2, 0.25) is 0 Å². The van der Waals surface area contributed by atoms with Crippen LogP contribution in [0.2, 0.25) is 0 Å². The number of aromatic amines is 1. The zero-order chi connectivity index (χ0) is 13.2. The van der Waals surface area contributed by atoms with Gasteiger partial charge in [-0.25, -0.2) is 4.79 Å². The molecule has 3 N–H and O–H groups in total. The summed E-state index contributed by atoms with van der Waals surface area (Å²) in [6, 6.07) is 1.52. The lowest BCUT2D eigenvalue weighted by Gasteiger charge is -2.36. The Bertz CT molecular complexity index is 443. The number of nitrogens with zero attached hydrogens (tertiary/aromatic N) is 1. The Hall–Kier alpha value is -1.85. The molecule has 1 amide bonds. The average molecular weight is 251 g/mol. The normalized spacial score (nSPS) is 27.7. The predicted molar refractivity (Wildman–Crippen MR) is 64.1 cm³/mol. The van der Waals surface area contributed by atoms with E-state index in [2.05, 4.69) is 15.5 Å². The van der Waals surface area contributed by atoms with Crippen molar-refractivity contribution in [2.45, 2.75) is 38.1 Å². The first-order valence-electron chi connectivity index (χ1n) is 6.09. The molecule has 0 bridgehead atoms. The summed E-state index contributed by atoms with van der Waals surface area (Å²) in [5, 5.41) is 18.3. The molecule has 1 saturated carbocycles. The average Bonchev–Trinajstić information content (AvgIpc) is 2.82. The van der Waals surface area contributed by atoms with E-state index in [-0.39, 0.29) is 5.69 Å². The zero-order valence-electron chi connectivity index (χ0n) is 10.3. The van der Waals surface area contributed by atoms with Gasteiger partial charge in [-0.3, -0.25) is 9.89 Å². The molecular formula is C12H17N3O3. The summed E-state index contributed by atoms with van der Waals surface area (Å²) in [6.45, 7) is 2.01. The molecule has 1 aromatic heterocycles. The molecular weight excluding hydrogens is 234 g/mol. The second-order valence-corrected chi connectivity index (χ2v) is 5.01. The quantitative estimate of drug-likeness (QED) is 0.751. The van der Waals surface area contributed by atoms with E-state index in [4.69, 9.17) is 0 Å². The number of aliphatic carboxylic acids is 1. The van der Waals surface area contributed by atoms with Gasteiger partial charge in [0.05, 0.1) is 0 Å². The van der Waals surface area contributed by atoms with Crippen LogP contribution in [0, 0.1) is 5.92 Å². The maximum atomic E-state index is 11.9. The molecule has 98 valence electrons. The summed E-state index contributed by atoms with van der Waals surface area (Å²) in [4.78, 5) is 23.4. The van der Waals surface area contributed by atoms with Crippen molar-refractivity contribution >= 4 is 11.9 Å². The molecule has 0 radical (unpaired) electrons. The van der Waals surface area contributed by atoms with Crippen LogP contribution in [0.25, 0.3) is 0 Å². The molecule has 1 heterocycles. The Morgan fingerprint density at radius 1 is 1.61 bits per heavy atom. The Balaban J connectivity index is 2.16. The number of aromatic nitrogens is 2. The van der Waals surface area contributed by atoms with Crippen molar-refractivity contribution in [3.8, 4) is 0 Å². The first-order valence-corrected chi connectivity index (χ1v) is 6.09. The van der Waals surface area contributed by atoms with Crippen molar-refractivity contribution in [2.75, 3.05) is 0 Å². The molecule has 18 heavy (non-hydrogen) atoms. The maximum Gasteiger partial charge on any atom is 0.329 e. The summed E-state index contributed by atoms with van der Waals surface area (Å²) in [7, 11) is 0. The molecule has 0 saturated heterocycles. The van der Waals surface area contributed by atoms with Gasteiger partial charge in [0.15, 0.2) is 0 Å². The van der Waals surface area contributed by atoms with Crippen molar-refractivity contribution in [1.29, 1.82) is 0 Å². The van der Waals surface area contributed by atoms with E-state index in [0.717, 1.165) is 12.8 Å². The minimum absolute atomic E-state index is 0.286. The number of carboxylic acid groups (broad SMARTS) is 1. The van der Waals surface area contributed by atoms with Gasteiger partial charge in [0.1, 0.15) is 11.2 Å². The van der Waals surface area contributed by atoms with Crippen LogP contribution in [-0.4, -0.2) is 32.7 Å². The van der Waals surface area contributed by atoms with E-state index >= 15 is 0 Å². The molecule has 2 atom stereocenters. The molecule has 0 aliphatic heterocycles. The smallest absolute Gasteiger partial charge is 0.329 e. The third-order valence-corrected chi connectivity index (χ3v) is 3.50. The van der Waals surface area contributed by atoms with Crippen molar-refractivity contribution in [3.05, 3.63) is 18.0 Å². The van der Waals surface area contributed by atoms with Gasteiger partial charge in [-0.1, -0.05) is 19.8 Å².